The summed E-state index contributed by atoms with van der Waals surface area (Å²) in [6, 6.07) is 13.0. The molecule has 112 valence electrons. The highest BCUT2D eigenvalue weighted by Gasteiger charge is 2.18. The number of nitrogens with one attached hydrogen (secondary N) is 1. The van der Waals surface area contributed by atoms with Gasteiger partial charge in [0.2, 0.25) is 10.0 Å². The summed E-state index contributed by atoms with van der Waals surface area (Å²) < 4.78 is 27.6. The molecule has 21 heavy (non-hydrogen) atoms. The van der Waals surface area contributed by atoms with Crippen molar-refractivity contribution in [2.45, 2.75) is 31.8 Å². The van der Waals surface area contributed by atoms with Crippen LogP contribution in [0.15, 0.2) is 47.4 Å². The fourth-order valence-corrected chi connectivity index (χ4v) is 3.53. The fraction of sp³-hybridized carbons (Fsp3) is 0.250. The van der Waals surface area contributed by atoms with Gasteiger partial charge in [-0.3, -0.25) is 0 Å². The quantitative estimate of drug-likeness (QED) is 0.890. The van der Waals surface area contributed by atoms with Gasteiger partial charge >= 0.3 is 0 Å². The molecule has 3 N–H and O–H groups in total. The standard InChI is InChI=1S/C16H20N2O2S/c1-12-8-15(10-17)9-16(13(12)2)21(19,20)18-11-14-6-4-3-5-7-14/h3-9,18H,10-11,17H2,1-2H3. The summed E-state index contributed by atoms with van der Waals surface area (Å²) in [6.07, 6.45) is 0. The lowest BCUT2D eigenvalue weighted by molar-refractivity contribution is 0.580. The lowest BCUT2D eigenvalue weighted by atomic mass is 10.1. The third-order valence-electron chi connectivity index (χ3n) is 3.51. The second kappa shape index (κ2) is 6.39. The van der Waals surface area contributed by atoms with Crippen LogP contribution in [0.2, 0.25) is 0 Å². The first-order chi connectivity index (χ1) is 9.94. The van der Waals surface area contributed by atoms with Gasteiger partial charge < -0.3 is 5.73 Å². The maximum absolute atomic E-state index is 12.5. The Hall–Kier alpha value is -1.69. The normalized spacial score (nSPS) is 11.6. The van der Waals surface area contributed by atoms with Gasteiger partial charge in [-0.25, -0.2) is 13.1 Å². The first-order valence-corrected chi connectivity index (χ1v) is 8.26. The van der Waals surface area contributed by atoms with Gasteiger partial charge in [0.1, 0.15) is 0 Å². The Balaban J connectivity index is 2.29. The van der Waals surface area contributed by atoms with E-state index >= 15 is 0 Å². The summed E-state index contributed by atoms with van der Waals surface area (Å²) in [4.78, 5) is 0.305. The molecular weight excluding hydrogens is 284 g/mol. The number of hydrogen-bond donors (Lipinski definition) is 2. The topological polar surface area (TPSA) is 72.2 Å². The number of benzene rings is 2. The Bertz CT molecular complexity index is 725. The zero-order chi connectivity index (χ0) is 15.5. The molecule has 0 fully saturated rings. The lowest BCUT2D eigenvalue weighted by Gasteiger charge is -2.13. The van der Waals surface area contributed by atoms with Gasteiger partial charge in [0, 0.05) is 13.1 Å². The number of hydrogen-bond acceptors (Lipinski definition) is 3. The molecule has 0 saturated carbocycles. The zero-order valence-corrected chi connectivity index (χ0v) is 13.1. The van der Waals surface area contributed by atoms with E-state index in [0.717, 1.165) is 22.3 Å². The summed E-state index contributed by atoms with van der Waals surface area (Å²) in [6.45, 7) is 4.30. The predicted molar refractivity (Wildman–Crippen MR) is 84.3 cm³/mol. The molecule has 2 rings (SSSR count). The first-order valence-electron chi connectivity index (χ1n) is 6.78. The maximum Gasteiger partial charge on any atom is 0.241 e. The van der Waals surface area contributed by atoms with Crippen LogP contribution in [0, 0.1) is 13.8 Å². The van der Waals surface area contributed by atoms with E-state index in [9.17, 15) is 8.42 Å². The first kappa shape index (κ1) is 15.7. The van der Waals surface area contributed by atoms with Crippen LogP contribution in [-0.4, -0.2) is 8.42 Å². The number of rotatable bonds is 5. The second-order valence-electron chi connectivity index (χ2n) is 5.05. The molecule has 5 heteroatoms. The number of sulfonamides is 1. The van der Waals surface area contributed by atoms with E-state index in [1.165, 1.54) is 0 Å². The average molecular weight is 304 g/mol. The SMILES string of the molecule is Cc1cc(CN)cc(S(=O)(=O)NCc2ccccc2)c1C. The molecule has 0 aliphatic heterocycles. The Labute approximate surface area is 126 Å². The Morgan fingerprint density at radius 2 is 1.71 bits per heavy atom. The smallest absolute Gasteiger partial charge is 0.241 e. The molecule has 0 atom stereocenters. The van der Waals surface area contributed by atoms with Gasteiger partial charge in [-0.1, -0.05) is 36.4 Å². The van der Waals surface area contributed by atoms with Gasteiger partial charge in [-0.2, -0.15) is 0 Å². The summed E-state index contributed by atoms with van der Waals surface area (Å²) in [5.74, 6) is 0. The molecule has 0 aromatic heterocycles. The van der Waals surface area contributed by atoms with Gasteiger partial charge in [-0.05, 0) is 42.2 Å². The zero-order valence-electron chi connectivity index (χ0n) is 12.3. The van der Waals surface area contributed by atoms with E-state index in [0.29, 0.717) is 11.4 Å². The minimum Gasteiger partial charge on any atom is -0.326 e. The summed E-state index contributed by atoms with van der Waals surface area (Å²) in [5, 5.41) is 0. The Kier molecular flexibility index (Phi) is 4.77. The van der Waals surface area contributed by atoms with Gasteiger partial charge in [0.25, 0.3) is 0 Å². The van der Waals surface area contributed by atoms with Crippen molar-refractivity contribution in [2.75, 3.05) is 0 Å². The van der Waals surface area contributed by atoms with Crippen molar-refractivity contribution in [1.29, 1.82) is 0 Å². The summed E-state index contributed by atoms with van der Waals surface area (Å²) in [5.41, 5.74) is 9.06. The van der Waals surface area contributed by atoms with Crippen molar-refractivity contribution < 1.29 is 8.42 Å². The molecule has 0 heterocycles. The van der Waals surface area contributed by atoms with Crippen LogP contribution < -0.4 is 10.5 Å². The van der Waals surface area contributed by atoms with Crippen molar-refractivity contribution in [2.24, 2.45) is 5.73 Å². The van der Waals surface area contributed by atoms with Crippen LogP contribution in [0.25, 0.3) is 0 Å². The molecule has 0 aliphatic carbocycles. The van der Waals surface area contributed by atoms with Gasteiger partial charge in [0.15, 0.2) is 0 Å². The minimum absolute atomic E-state index is 0.272. The van der Waals surface area contributed by atoms with Crippen molar-refractivity contribution in [1.82, 2.24) is 4.72 Å². The molecule has 0 spiro atoms. The maximum atomic E-state index is 12.5. The Morgan fingerprint density at radius 1 is 1.05 bits per heavy atom. The molecule has 2 aromatic carbocycles. The summed E-state index contributed by atoms with van der Waals surface area (Å²) >= 11 is 0. The lowest BCUT2D eigenvalue weighted by Crippen LogP contribution is -2.24. The third kappa shape index (κ3) is 3.69. The number of nitrogens with two attached hydrogens (primary N) is 1. The largest absolute Gasteiger partial charge is 0.326 e. The van der Waals surface area contributed by atoms with Crippen LogP contribution in [0.5, 0.6) is 0 Å². The van der Waals surface area contributed by atoms with Crippen LogP contribution in [0.1, 0.15) is 22.3 Å². The molecular formula is C16H20N2O2S. The minimum atomic E-state index is -3.55. The molecule has 0 bridgehead atoms. The van der Waals surface area contributed by atoms with Crippen LogP contribution in [-0.2, 0) is 23.1 Å². The molecule has 0 aliphatic rings. The molecule has 0 unspecified atom stereocenters. The average Bonchev–Trinajstić information content (AvgIpc) is 2.48. The number of aryl methyl sites for hydroxylation is 1. The van der Waals surface area contributed by atoms with E-state index in [2.05, 4.69) is 4.72 Å². The van der Waals surface area contributed by atoms with E-state index < -0.39 is 10.0 Å². The van der Waals surface area contributed by atoms with E-state index in [4.69, 9.17) is 5.73 Å². The fourth-order valence-electron chi connectivity index (χ4n) is 2.15. The highest BCUT2D eigenvalue weighted by Crippen LogP contribution is 2.21. The van der Waals surface area contributed by atoms with E-state index in [-0.39, 0.29) is 6.54 Å². The monoisotopic (exact) mass is 304 g/mol. The van der Waals surface area contributed by atoms with Gasteiger partial charge in [0.05, 0.1) is 4.90 Å². The molecule has 0 saturated heterocycles. The van der Waals surface area contributed by atoms with E-state index in [1.54, 1.807) is 6.07 Å². The second-order valence-corrected chi connectivity index (χ2v) is 6.79. The van der Waals surface area contributed by atoms with Crippen molar-refractivity contribution in [3.63, 3.8) is 0 Å². The molecule has 0 radical (unpaired) electrons. The van der Waals surface area contributed by atoms with Crippen LogP contribution >= 0.6 is 0 Å². The highest BCUT2D eigenvalue weighted by molar-refractivity contribution is 7.89. The molecule has 0 amide bonds. The van der Waals surface area contributed by atoms with Crippen molar-refractivity contribution in [3.8, 4) is 0 Å². The molecule has 4 nitrogen and oxygen atoms in total. The highest BCUT2D eigenvalue weighted by atomic mass is 32.2. The van der Waals surface area contributed by atoms with Crippen LogP contribution in [0.4, 0.5) is 0 Å². The third-order valence-corrected chi connectivity index (χ3v) is 5.04. The van der Waals surface area contributed by atoms with Crippen molar-refractivity contribution in [3.05, 3.63) is 64.7 Å². The molecule has 2 aromatic rings. The Morgan fingerprint density at radius 3 is 2.33 bits per heavy atom. The van der Waals surface area contributed by atoms with Gasteiger partial charge in [-0.15, -0.1) is 0 Å². The van der Waals surface area contributed by atoms with Crippen molar-refractivity contribution >= 4 is 10.0 Å². The van der Waals surface area contributed by atoms with Crippen LogP contribution in [0.3, 0.4) is 0 Å². The predicted octanol–water partition coefficient (Wildman–Crippen LogP) is 2.24. The van der Waals surface area contributed by atoms with E-state index in [1.807, 2.05) is 50.2 Å². The summed E-state index contributed by atoms with van der Waals surface area (Å²) in [7, 11) is -3.55.